The van der Waals surface area contributed by atoms with Crippen molar-refractivity contribution in [2.75, 3.05) is 43.8 Å². The monoisotopic (exact) mass is 367 g/mol. The van der Waals surface area contributed by atoms with E-state index >= 15 is 0 Å². The van der Waals surface area contributed by atoms with Gasteiger partial charge in [0.25, 0.3) is 0 Å². The second-order valence-corrected chi connectivity index (χ2v) is 6.45. The molecule has 4 amide bonds. The summed E-state index contributed by atoms with van der Waals surface area (Å²) in [5, 5.41) is 9.39. The molecule has 0 rings (SSSR count). The Labute approximate surface area is 141 Å². The van der Waals surface area contributed by atoms with Crippen LogP contribution in [0.15, 0.2) is 0 Å². The lowest BCUT2D eigenvalue weighted by molar-refractivity contribution is -0.138. The first-order valence-electron chi connectivity index (χ1n) is 7.20. The van der Waals surface area contributed by atoms with Gasteiger partial charge in [0.1, 0.15) is 0 Å². The van der Waals surface area contributed by atoms with Gasteiger partial charge in [0.2, 0.25) is 0 Å². The van der Waals surface area contributed by atoms with Gasteiger partial charge in [-0.3, -0.25) is 19.2 Å². The molecule has 0 aromatic carbocycles. The number of carbonyl (C=O) groups is 4. The van der Waals surface area contributed by atoms with E-state index < -0.39 is 32.2 Å². The topological polar surface area (TPSA) is 168 Å². The molecule has 0 spiro atoms. The van der Waals surface area contributed by atoms with Gasteiger partial charge in [-0.25, -0.2) is 0 Å². The molecular formula is C11H23N6O4PS. The van der Waals surface area contributed by atoms with Crippen LogP contribution < -0.4 is 32.7 Å². The zero-order valence-electron chi connectivity index (χ0n) is 13.6. The fourth-order valence-electron chi connectivity index (χ4n) is 1.09. The van der Waals surface area contributed by atoms with Gasteiger partial charge in [-0.2, -0.15) is 0 Å². The lowest BCUT2D eigenvalue weighted by atomic mass is 10.5. The number of hydrogen-bond donors (Lipinski definition) is 6. The van der Waals surface area contributed by atoms with Gasteiger partial charge in [0.05, 0.1) is 7.16 Å². The summed E-state index contributed by atoms with van der Waals surface area (Å²) in [6, 6.07) is 0. The van der Waals surface area contributed by atoms with E-state index in [2.05, 4.69) is 21.3 Å². The summed E-state index contributed by atoms with van der Waals surface area (Å²) in [6.07, 6.45) is 0.0577. The maximum atomic E-state index is 11.4. The lowest BCUT2D eigenvalue weighted by Crippen LogP contribution is -2.41. The smallest absolute Gasteiger partial charge is 0.309 e. The van der Waals surface area contributed by atoms with E-state index in [-0.39, 0.29) is 38.3 Å². The molecule has 23 heavy (non-hydrogen) atoms. The minimum Gasteiger partial charge on any atom is -0.347 e. The molecule has 0 bridgehead atoms. The summed E-state index contributed by atoms with van der Waals surface area (Å²) in [5.74, 6) is -2.96. The molecule has 0 aromatic heterocycles. The predicted molar refractivity (Wildman–Crippen MR) is 90.9 cm³/mol. The number of nitrogens with two attached hydrogens (primary N) is 2. The molecular weight excluding hydrogens is 343 g/mol. The number of thioether (sulfide) groups is 1. The van der Waals surface area contributed by atoms with Crippen LogP contribution in [0, 0.1) is 0 Å². The number of amides is 4. The fourth-order valence-corrected chi connectivity index (χ4v) is 2.83. The van der Waals surface area contributed by atoms with Crippen molar-refractivity contribution < 1.29 is 19.2 Å². The molecule has 132 valence electrons. The second-order valence-electron chi connectivity index (χ2n) is 3.96. The quantitative estimate of drug-likeness (QED) is 0.101. The van der Waals surface area contributed by atoms with Crippen LogP contribution in [0.4, 0.5) is 0 Å². The molecule has 10 nitrogen and oxygen atoms in total. The first-order valence-corrected chi connectivity index (χ1v) is 9.18. The van der Waals surface area contributed by atoms with Gasteiger partial charge in [-0.1, -0.05) is 8.53 Å². The zero-order chi connectivity index (χ0) is 18.4. The average Bonchev–Trinajstić information content (AvgIpc) is 2.58. The van der Waals surface area contributed by atoms with Crippen molar-refractivity contribution in [1.29, 1.82) is 1.28 Å². The molecule has 8 N–H and O–H groups in total. The SMILES string of the molecule is [2H]P(CNC(=O)C(=O)NCCN)CSCNC(=O)C(=O)NCCN. The summed E-state index contributed by atoms with van der Waals surface area (Å²) in [7, 11) is -1.30. The Kier molecular flexibility index (Phi) is 12.1. The Hall–Kier alpha value is -1.42. The minimum absolute atomic E-state index is 0.0577. The van der Waals surface area contributed by atoms with Gasteiger partial charge in [-0.15, -0.1) is 11.8 Å². The van der Waals surface area contributed by atoms with Crippen molar-refractivity contribution in [2.45, 2.75) is 0 Å². The molecule has 0 aliphatic carbocycles. The predicted octanol–water partition coefficient (Wildman–Crippen LogP) is -3.35. The summed E-state index contributed by atoms with van der Waals surface area (Å²) in [5.41, 5.74) is 10.8. The van der Waals surface area contributed by atoms with Crippen molar-refractivity contribution in [1.82, 2.24) is 21.3 Å². The van der Waals surface area contributed by atoms with Gasteiger partial charge >= 0.3 is 23.6 Å². The first kappa shape index (κ1) is 19.6. The van der Waals surface area contributed by atoms with E-state index in [4.69, 9.17) is 12.7 Å². The second kappa shape index (κ2) is 14.2. The molecule has 0 radical (unpaired) electrons. The zero-order valence-corrected chi connectivity index (χ0v) is 14.3. The van der Waals surface area contributed by atoms with Crippen molar-refractivity contribution in [3.05, 3.63) is 0 Å². The van der Waals surface area contributed by atoms with E-state index in [1.54, 1.807) is 0 Å². The van der Waals surface area contributed by atoms with E-state index in [9.17, 15) is 19.2 Å². The molecule has 0 aliphatic heterocycles. The third-order valence-corrected chi connectivity index (χ3v) is 4.33. The highest BCUT2D eigenvalue weighted by Gasteiger charge is 2.12. The Balaban J connectivity index is 3.77. The summed E-state index contributed by atoms with van der Waals surface area (Å²) in [4.78, 5) is 45.2. The van der Waals surface area contributed by atoms with Gasteiger partial charge < -0.3 is 32.7 Å². The van der Waals surface area contributed by atoms with Crippen LogP contribution in [-0.2, 0) is 19.2 Å². The van der Waals surface area contributed by atoms with Gasteiger partial charge in [0, 0.05) is 38.0 Å². The molecule has 0 heterocycles. The largest absolute Gasteiger partial charge is 0.347 e. The van der Waals surface area contributed by atoms with Crippen LogP contribution >= 0.6 is 20.3 Å². The van der Waals surface area contributed by atoms with Crippen molar-refractivity contribution in [3.63, 3.8) is 0 Å². The Morgan fingerprint density at radius 2 is 1.35 bits per heavy atom. The molecule has 1 unspecified atom stereocenters. The summed E-state index contributed by atoms with van der Waals surface area (Å²) >= 11 is 1.24. The summed E-state index contributed by atoms with van der Waals surface area (Å²) in [6.45, 7) is 0.899. The molecule has 0 saturated carbocycles. The fraction of sp³-hybridized carbons (Fsp3) is 0.636. The van der Waals surface area contributed by atoms with Crippen LogP contribution in [0.1, 0.15) is 0 Å². The molecule has 1 atom stereocenters. The van der Waals surface area contributed by atoms with Gasteiger partial charge in [-0.05, 0) is 0 Å². The molecule has 0 fully saturated rings. The molecule has 12 heteroatoms. The highest BCUT2D eigenvalue weighted by Crippen LogP contribution is 2.15. The highest BCUT2D eigenvalue weighted by atomic mass is 32.2. The Bertz CT molecular complexity index is 445. The van der Waals surface area contributed by atoms with E-state index in [0.717, 1.165) is 0 Å². The van der Waals surface area contributed by atoms with E-state index in [1.165, 1.54) is 11.8 Å². The molecule has 0 aromatic rings. The number of hydrogen-bond acceptors (Lipinski definition) is 7. The van der Waals surface area contributed by atoms with Crippen LogP contribution in [0.25, 0.3) is 0 Å². The number of rotatable bonds is 10. The number of nitrogens with one attached hydrogen (secondary N) is 4. The number of carbonyl (C=O) groups excluding carboxylic acids is 4. The van der Waals surface area contributed by atoms with Gasteiger partial charge in [0.15, 0.2) is 0 Å². The van der Waals surface area contributed by atoms with Crippen LogP contribution in [-0.4, -0.2) is 68.7 Å². The highest BCUT2D eigenvalue weighted by molar-refractivity contribution is 8.03. The lowest BCUT2D eigenvalue weighted by Gasteiger charge is -2.07. The van der Waals surface area contributed by atoms with Crippen molar-refractivity contribution in [2.24, 2.45) is 11.5 Å². The average molecular weight is 367 g/mol. The normalized spacial score (nSPS) is 11.8. The maximum Gasteiger partial charge on any atom is 0.309 e. The molecule has 0 aliphatic rings. The van der Waals surface area contributed by atoms with Crippen LogP contribution in [0.3, 0.4) is 0 Å². The van der Waals surface area contributed by atoms with E-state index in [0.29, 0.717) is 5.49 Å². The standard InChI is InChI=1S/C11H23N6O4PS/c12-1-3-14-8(18)10(20)16-5-22-7-23-6-17-11(21)9(19)15-4-2-13/h22H,1-7,12-13H2,(H,14,18)(H,15,19)(H,16,20)(H,17,21)/i22D. The summed E-state index contributed by atoms with van der Waals surface area (Å²) < 4.78 is 7.78. The Morgan fingerprint density at radius 3 is 1.87 bits per heavy atom. The molecule has 0 saturated heterocycles. The van der Waals surface area contributed by atoms with Crippen molar-refractivity contribution >= 4 is 43.9 Å². The first-order chi connectivity index (χ1) is 11.4. The minimum atomic E-state index is -1.30. The van der Waals surface area contributed by atoms with Crippen LogP contribution in [0.2, 0.25) is 0 Å². The van der Waals surface area contributed by atoms with Crippen LogP contribution in [0.5, 0.6) is 0 Å². The maximum absolute atomic E-state index is 11.4. The van der Waals surface area contributed by atoms with E-state index in [1.807, 2.05) is 0 Å². The Morgan fingerprint density at radius 1 is 0.870 bits per heavy atom. The third-order valence-electron chi connectivity index (χ3n) is 2.14. The third kappa shape index (κ3) is 11.8. The van der Waals surface area contributed by atoms with Crippen molar-refractivity contribution in [3.8, 4) is 0 Å².